The summed E-state index contributed by atoms with van der Waals surface area (Å²) in [5, 5.41) is 8.76. The summed E-state index contributed by atoms with van der Waals surface area (Å²) in [6, 6.07) is 5.36. The van der Waals surface area contributed by atoms with Gasteiger partial charge in [0.05, 0.1) is 10.5 Å². The minimum absolute atomic E-state index is 0.0704. The summed E-state index contributed by atoms with van der Waals surface area (Å²) >= 11 is 6.50. The topological polar surface area (TPSA) is 86.4 Å². The van der Waals surface area contributed by atoms with E-state index in [0.29, 0.717) is 33.5 Å². The highest BCUT2D eigenvalue weighted by Crippen LogP contribution is 2.35. The average Bonchev–Trinajstić information content (AvgIpc) is 3.02. The fourth-order valence-corrected chi connectivity index (χ4v) is 4.60. The van der Waals surface area contributed by atoms with Gasteiger partial charge in [-0.25, -0.2) is 4.79 Å². The average molecular weight is 432 g/mol. The standard InChI is InChI=1S/C22H26ClN3O4/c1-12-17-19(25-30-12)18-15(23)9-6-10-16(18)26(20(17)27)14-8-5-7-13(11-14)24-21(28)29-22(2,3)4/h6,9-10,13-14H,5,7-8,11H2,1-4H3,(H,24,28)/t13-,14+/m1/s1. The van der Waals surface area contributed by atoms with Crippen molar-refractivity contribution < 1.29 is 14.1 Å². The van der Waals surface area contributed by atoms with E-state index < -0.39 is 11.7 Å². The first-order valence-corrected chi connectivity index (χ1v) is 10.6. The molecule has 3 aromatic rings. The van der Waals surface area contributed by atoms with Crippen LogP contribution in [-0.4, -0.2) is 27.5 Å². The number of rotatable bonds is 2. The lowest BCUT2D eigenvalue weighted by atomic mass is 9.90. The minimum Gasteiger partial charge on any atom is -0.444 e. The number of aromatic nitrogens is 2. The van der Waals surface area contributed by atoms with Crippen molar-refractivity contribution in [2.24, 2.45) is 0 Å². The lowest BCUT2D eigenvalue weighted by molar-refractivity contribution is 0.0486. The second-order valence-corrected chi connectivity index (χ2v) is 9.34. The predicted octanol–water partition coefficient (Wildman–Crippen LogP) is 5.11. The summed E-state index contributed by atoms with van der Waals surface area (Å²) in [5.41, 5.74) is 0.532. The number of nitrogens with one attached hydrogen (secondary N) is 1. The molecule has 0 unspecified atom stereocenters. The molecule has 0 bridgehead atoms. The maximum atomic E-state index is 13.5. The fourth-order valence-electron chi connectivity index (χ4n) is 4.34. The van der Waals surface area contributed by atoms with Crippen LogP contribution in [0.15, 0.2) is 27.5 Å². The molecule has 30 heavy (non-hydrogen) atoms. The fraction of sp³-hybridized carbons (Fsp3) is 0.500. The maximum Gasteiger partial charge on any atom is 0.407 e. The van der Waals surface area contributed by atoms with Crippen molar-refractivity contribution in [3.05, 3.63) is 39.3 Å². The Hall–Kier alpha value is -2.54. The van der Waals surface area contributed by atoms with Gasteiger partial charge in [-0.05, 0) is 65.5 Å². The van der Waals surface area contributed by atoms with Crippen LogP contribution in [0, 0.1) is 6.92 Å². The van der Waals surface area contributed by atoms with Gasteiger partial charge in [-0.3, -0.25) is 4.79 Å². The van der Waals surface area contributed by atoms with Crippen molar-refractivity contribution in [3.8, 4) is 0 Å². The highest BCUT2D eigenvalue weighted by atomic mass is 35.5. The monoisotopic (exact) mass is 431 g/mol. The Labute approximate surface area is 179 Å². The highest BCUT2D eigenvalue weighted by Gasteiger charge is 2.29. The number of carbonyl (C=O) groups excluding carboxylic acids is 1. The molecule has 1 amide bonds. The van der Waals surface area contributed by atoms with Crippen LogP contribution in [0.4, 0.5) is 4.79 Å². The van der Waals surface area contributed by atoms with Crippen LogP contribution in [0.25, 0.3) is 21.8 Å². The van der Waals surface area contributed by atoms with E-state index in [1.807, 2.05) is 32.9 Å². The Kier molecular flexibility index (Phi) is 5.26. The van der Waals surface area contributed by atoms with Crippen LogP contribution >= 0.6 is 11.6 Å². The number of ether oxygens (including phenoxy) is 1. The third-order valence-electron chi connectivity index (χ3n) is 5.52. The molecule has 2 heterocycles. The minimum atomic E-state index is -0.557. The molecule has 1 saturated carbocycles. The second-order valence-electron chi connectivity index (χ2n) is 8.94. The summed E-state index contributed by atoms with van der Waals surface area (Å²) in [5.74, 6) is 0.477. The number of fused-ring (bicyclic) bond motifs is 3. The molecule has 2 atom stereocenters. The van der Waals surface area contributed by atoms with Gasteiger partial charge in [-0.2, -0.15) is 0 Å². The molecule has 8 heteroatoms. The Bertz CT molecular complexity index is 1180. The smallest absolute Gasteiger partial charge is 0.407 e. The maximum absolute atomic E-state index is 13.5. The van der Waals surface area contributed by atoms with E-state index in [1.54, 1.807) is 17.6 Å². The SMILES string of the molecule is Cc1onc2c1c(=O)n([C@H]1CCC[C@@H](NC(=O)OC(C)(C)C)C1)c1cccc(Cl)c21. The molecule has 0 radical (unpaired) electrons. The summed E-state index contributed by atoms with van der Waals surface area (Å²) in [7, 11) is 0. The van der Waals surface area contributed by atoms with Gasteiger partial charge in [-0.1, -0.05) is 22.8 Å². The number of pyridine rings is 1. The molecule has 0 aliphatic heterocycles. The molecule has 1 fully saturated rings. The zero-order valence-corrected chi connectivity index (χ0v) is 18.4. The number of alkyl carbamates (subject to hydrolysis) is 1. The zero-order chi connectivity index (χ0) is 21.6. The molecule has 0 saturated heterocycles. The van der Waals surface area contributed by atoms with Crippen molar-refractivity contribution in [2.45, 2.75) is 71.1 Å². The molecule has 2 aromatic heterocycles. The third kappa shape index (κ3) is 3.78. The molecule has 160 valence electrons. The van der Waals surface area contributed by atoms with Gasteiger partial charge in [0, 0.05) is 17.5 Å². The number of benzene rings is 1. The first kappa shape index (κ1) is 20.7. The van der Waals surface area contributed by atoms with E-state index in [9.17, 15) is 9.59 Å². The van der Waals surface area contributed by atoms with Crippen LogP contribution in [0.5, 0.6) is 0 Å². The molecule has 1 aliphatic carbocycles. The summed E-state index contributed by atoms with van der Waals surface area (Å²) in [6.07, 6.45) is 2.78. The number of hydrogen-bond donors (Lipinski definition) is 1. The molecule has 0 spiro atoms. The quantitative estimate of drug-likeness (QED) is 0.609. The normalized spacial score (nSPS) is 19.9. The molecule has 1 N–H and O–H groups in total. The first-order chi connectivity index (χ1) is 14.2. The van der Waals surface area contributed by atoms with E-state index in [4.69, 9.17) is 20.9 Å². The van der Waals surface area contributed by atoms with Crippen molar-refractivity contribution >= 4 is 39.5 Å². The van der Waals surface area contributed by atoms with E-state index in [0.717, 1.165) is 24.8 Å². The second kappa shape index (κ2) is 7.61. The van der Waals surface area contributed by atoms with Gasteiger partial charge in [0.15, 0.2) is 0 Å². The highest BCUT2D eigenvalue weighted by molar-refractivity contribution is 6.37. The Morgan fingerprint density at radius 3 is 2.80 bits per heavy atom. The number of carbonyl (C=O) groups is 1. The van der Waals surface area contributed by atoms with Crippen molar-refractivity contribution in [3.63, 3.8) is 0 Å². The number of aryl methyl sites for hydroxylation is 1. The third-order valence-corrected chi connectivity index (χ3v) is 5.83. The van der Waals surface area contributed by atoms with Gasteiger partial charge in [-0.15, -0.1) is 0 Å². The summed E-state index contributed by atoms with van der Waals surface area (Å²) in [6.45, 7) is 7.24. The Morgan fingerprint density at radius 1 is 1.30 bits per heavy atom. The molecular formula is C22H26ClN3O4. The number of halogens is 1. The van der Waals surface area contributed by atoms with Crippen LogP contribution in [0.1, 0.15) is 58.3 Å². The number of nitrogens with zero attached hydrogens (tertiary/aromatic N) is 2. The Morgan fingerprint density at radius 2 is 2.07 bits per heavy atom. The van der Waals surface area contributed by atoms with E-state index in [2.05, 4.69) is 10.5 Å². The van der Waals surface area contributed by atoms with Gasteiger partial charge >= 0.3 is 6.09 Å². The lowest BCUT2D eigenvalue weighted by Gasteiger charge is -2.32. The van der Waals surface area contributed by atoms with Gasteiger partial charge in [0.2, 0.25) is 0 Å². The van der Waals surface area contributed by atoms with E-state index in [1.165, 1.54) is 0 Å². The molecule has 7 nitrogen and oxygen atoms in total. The van der Waals surface area contributed by atoms with E-state index in [-0.39, 0.29) is 17.6 Å². The van der Waals surface area contributed by atoms with Gasteiger partial charge in [0.1, 0.15) is 22.3 Å². The van der Waals surface area contributed by atoms with E-state index >= 15 is 0 Å². The van der Waals surface area contributed by atoms with Gasteiger partial charge in [0.25, 0.3) is 5.56 Å². The molecule has 4 rings (SSSR count). The largest absolute Gasteiger partial charge is 0.444 e. The number of amides is 1. The van der Waals surface area contributed by atoms with Crippen molar-refractivity contribution in [1.29, 1.82) is 0 Å². The summed E-state index contributed by atoms with van der Waals surface area (Å²) in [4.78, 5) is 25.7. The Balaban J connectivity index is 1.74. The molecular weight excluding hydrogens is 406 g/mol. The van der Waals surface area contributed by atoms with Crippen LogP contribution in [0.2, 0.25) is 5.02 Å². The lowest BCUT2D eigenvalue weighted by Crippen LogP contribution is -2.42. The van der Waals surface area contributed by atoms with Gasteiger partial charge < -0.3 is 19.1 Å². The van der Waals surface area contributed by atoms with Crippen LogP contribution < -0.4 is 10.9 Å². The van der Waals surface area contributed by atoms with Crippen LogP contribution in [-0.2, 0) is 4.74 Å². The summed E-state index contributed by atoms with van der Waals surface area (Å²) < 4.78 is 12.5. The number of hydrogen-bond acceptors (Lipinski definition) is 5. The van der Waals surface area contributed by atoms with Crippen LogP contribution in [0.3, 0.4) is 0 Å². The molecule has 1 aromatic carbocycles. The van der Waals surface area contributed by atoms with Crippen molar-refractivity contribution in [2.75, 3.05) is 0 Å². The zero-order valence-electron chi connectivity index (χ0n) is 17.6. The first-order valence-electron chi connectivity index (χ1n) is 10.2. The predicted molar refractivity (Wildman–Crippen MR) is 116 cm³/mol. The van der Waals surface area contributed by atoms with Crippen molar-refractivity contribution in [1.82, 2.24) is 15.0 Å². The molecule has 1 aliphatic rings.